The second-order valence-corrected chi connectivity index (χ2v) is 3.87. The molecule has 1 atom stereocenters. The lowest BCUT2D eigenvalue weighted by molar-refractivity contribution is -0.145. The Labute approximate surface area is 112 Å². The predicted octanol–water partition coefficient (Wildman–Crippen LogP) is 0.0403. The Morgan fingerprint density at radius 3 is 3.16 bits per heavy atom. The van der Waals surface area contributed by atoms with Crippen LogP contribution in [0.3, 0.4) is 0 Å². The number of rotatable bonds is 9. The average molecular weight is 268 g/mol. The van der Waals surface area contributed by atoms with Crippen LogP contribution in [0.5, 0.6) is 0 Å². The first-order chi connectivity index (χ1) is 9.22. The van der Waals surface area contributed by atoms with Crippen molar-refractivity contribution in [2.75, 3.05) is 19.8 Å². The van der Waals surface area contributed by atoms with Crippen LogP contribution in [-0.2, 0) is 16.1 Å². The molecule has 19 heavy (non-hydrogen) atoms. The van der Waals surface area contributed by atoms with Crippen molar-refractivity contribution < 1.29 is 14.6 Å². The Kier molecular flexibility index (Phi) is 6.76. The molecule has 0 radical (unpaired) electrons. The Balaban J connectivity index is 2.75. The van der Waals surface area contributed by atoms with E-state index in [1.54, 1.807) is 23.9 Å². The summed E-state index contributed by atoms with van der Waals surface area (Å²) in [5.41, 5.74) is 0.498. The highest BCUT2D eigenvalue weighted by molar-refractivity contribution is 5.76. The first-order valence-electron chi connectivity index (χ1n) is 6.24. The molecule has 1 aromatic heterocycles. The van der Waals surface area contributed by atoms with Crippen molar-refractivity contribution in [1.29, 1.82) is 0 Å². The summed E-state index contributed by atoms with van der Waals surface area (Å²) in [6.45, 7) is 6.76. The molecule has 0 aromatic carbocycles. The van der Waals surface area contributed by atoms with Crippen LogP contribution in [0.1, 0.15) is 25.1 Å². The van der Waals surface area contributed by atoms with Gasteiger partial charge in [-0.3, -0.25) is 10.00 Å². The highest BCUT2D eigenvalue weighted by Crippen LogP contribution is 2.11. The van der Waals surface area contributed by atoms with E-state index in [1.165, 1.54) is 0 Å². The molecule has 1 unspecified atom stereocenters. The van der Waals surface area contributed by atoms with Crippen LogP contribution in [0.25, 0.3) is 0 Å². The Hall–Kier alpha value is -1.73. The second-order valence-electron chi connectivity index (χ2n) is 3.87. The quantitative estimate of drug-likeness (QED) is 0.485. The van der Waals surface area contributed by atoms with Crippen LogP contribution >= 0.6 is 0 Å². The first-order valence-corrected chi connectivity index (χ1v) is 6.24. The monoisotopic (exact) mass is 268 g/mol. The van der Waals surface area contributed by atoms with E-state index < -0.39 is 12.0 Å². The van der Waals surface area contributed by atoms with Crippen molar-refractivity contribution in [2.24, 2.45) is 0 Å². The minimum atomic E-state index is -0.652. The number of aromatic nitrogens is 3. The van der Waals surface area contributed by atoms with Crippen molar-refractivity contribution in [3.8, 4) is 0 Å². The third-order valence-corrected chi connectivity index (χ3v) is 2.39. The maximum atomic E-state index is 11.8. The van der Waals surface area contributed by atoms with E-state index in [9.17, 15) is 4.79 Å². The van der Waals surface area contributed by atoms with E-state index in [1.807, 2.05) is 0 Å². The van der Waals surface area contributed by atoms with Crippen LogP contribution in [0, 0.1) is 0 Å². The molecule has 106 valence electrons. The Morgan fingerprint density at radius 2 is 2.53 bits per heavy atom. The molecule has 0 aliphatic rings. The van der Waals surface area contributed by atoms with Crippen LogP contribution in [0.15, 0.2) is 18.9 Å². The second kappa shape index (κ2) is 8.39. The topological polar surface area (TPSA) is 89.3 Å². The number of aryl methyl sites for hydroxylation is 1. The molecule has 7 nitrogen and oxygen atoms in total. The van der Waals surface area contributed by atoms with E-state index in [0.29, 0.717) is 31.8 Å². The van der Waals surface area contributed by atoms with Gasteiger partial charge in [0.25, 0.3) is 0 Å². The Morgan fingerprint density at radius 1 is 1.74 bits per heavy atom. The molecule has 0 spiro atoms. The lowest BCUT2D eigenvalue weighted by Gasteiger charge is -2.13. The summed E-state index contributed by atoms with van der Waals surface area (Å²) in [4.78, 5) is 11.8. The van der Waals surface area contributed by atoms with Gasteiger partial charge < -0.3 is 9.84 Å². The molecule has 1 aromatic rings. The number of esters is 1. The summed E-state index contributed by atoms with van der Waals surface area (Å²) in [6, 6.07) is -0.652. The zero-order valence-electron chi connectivity index (χ0n) is 11.1. The fourth-order valence-corrected chi connectivity index (χ4v) is 1.52. The molecular formula is C12H20N4O3. The minimum Gasteiger partial charge on any atom is -0.465 e. The standard InChI is InChI=1S/C12H20N4O3/c1-3-6-13-11(12(18)19-4-2)10-9-16(15-14-10)7-5-8-17/h3,9,11,13,17H,1,4-8H2,2H3. The van der Waals surface area contributed by atoms with E-state index >= 15 is 0 Å². The molecular weight excluding hydrogens is 248 g/mol. The summed E-state index contributed by atoms with van der Waals surface area (Å²) < 4.78 is 6.58. The maximum Gasteiger partial charge on any atom is 0.329 e. The normalized spacial score (nSPS) is 12.1. The van der Waals surface area contributed by atoms with Gasteiger partial charge in [-0.05, 0) is 13.3 Å². The van der Waals surface area contributed by atoms with Crippen molar-refractivity contribution in [2.45, 2.75) is 25.9 Å². The van der Waals surface area contributed by atoms with Gasteiger partial charge in [0.15, 0.2) is 6.04 Å². The number of hydrogen-bond donors (Lipinski definition) is 2. The van der Waals surface area contributed by atoms with Crippen LogP contribution < -0.4 is 5.32 Å². The van der Waals surface area contributed by atoms with Gasteiger partial charge >= 0.3 is 5.97 Å². The number of nitrogens with zero attached hydrogens (tertiary/aromatic N) is 3. The maximum absolute atomic E-state index is 11.8. The van der Waals surface area contributed by atoms with Gasteiger partial charge in [0, 0.05) is 19.7 Å². The largest absolute Gasteiger partial charge is 0.465 e. The summed E-state index contributed by atoms with van der Waals surface area (Å²) in [5, 5.41) is 19.6. The van der Waals surface area contributed by atoms with Crippen molar-refractivity contribution in [3.63, 3.8) is 0 Å². The number of hydrogen-bond acceptors (Lipinski definition) is 6. The van der Waals surface area contributed by atoms with E-state index in [0.717, 1.165) is 0 Å². The van der Waals surface area contributed by atoms with Crippen molar-refractivity contribution >= 4 is 5.97 Å². The van der Waals surface area contributed by atoms with E-state index in [-0.39, 0.29) is 6.61 Å². The number of carbonyl (C=O) groups is 1. The van der Waals surface area contributed by atoms with Gasteiger partial charge in [0.2, 0.25) is 0 Å². The van der Waals surface area contributed by atoms with Crippen molar-refractivity contribution in [3.05, 3.63) is 24.5 Å². The van der Waals surface area contributed by atoms with Gasteiger partial charge in [-0.15, -0.1) is 11.7 Å². The van der Waals surface area contributed by atoms with Crippen molar-refractivity contribution in [1.82, 2.24) is 20.3 Å². The minimum absolute atomic E-state index is 0.0885. The van der Waals surface area contributed by atoms with E-state index in [4.69, 9.17) is 9.84 Å². The molecule has 0 bridgehead atoms. The zero-order valence-corrected chi connectivity index (χ0v) is 11.1. The number of aliphatic hydroxyl groups excluding tert-OH is 1. The number of ether oxygens (including phenoxy) is 1. The SMILES string of the molecule is C=CCNC(C(=O)OCC)c1cn(CCCO)nn1. The summed E-state index contributed by atoms with van der Waals surface area (Å²) in [5.74, 6) is -0.390. The molecule has 2 N–H and O–H groups in total. The predicted molar refractivity (Wildman–Crippen MR) is 69.3 cm³/mol. The smallest absolute Gasteiger partial charge is 0.329 e. The molecule has 0 saturated heterocycles. The number of carbonyl (C=O) groups excluding carboxylic acids is 1. The van der Waals surface area contributed by atoms with Gasteiger partial charge in [-0.1, -0.05) is 11.3 Å². The van der Waals surface area contributed by atoms with Crippen LogP contribution in [0.2, 0.25) is 0 Å². The highest BCUT2D eigenvalue weighted by Gasteiger charge is 2.24. The third kappa shape index (κ3) is 4.80. The highest BCUT2D eigenvalue weighted by atomic mass is 16.5. The molecule has 0 aliphatic heterocycles. The fraction of sp³-hybridized carbons (Fsp3) is 0.583. The number of nitrogens with one attached hydrogen (secondary N) is 1. The molecule has 0 fully saturated rings. The van der Waals surface area contributed by atoms with Gasteiger partial charge in [0.05, 0.1) is 12.8 Å². The molecule has 1 heterocycles. The molecule has 7 heteroatoms. The van der Waals surface area contributed by atoms with Gasteiger partial charge in [0.1, 0.15) is 5.69 Å². The molecule has 0 saturated carbocycles. The molecule has 0 amide bonds. The molecule has 0 aliphatic carbocycles. The lowest BCUT2D eigenvalue weighted by Crippen LogP contribution is -2.30. The van der Waals surface area contributed by atoms with Gasteiger partial charge in [-0.2, -0.15) is 0 Å². The van der Waals surface area contributed by atoms with Crippen LogP contribution in [0.4, 0.5) is 0 Å². The number of aliphatic hydroxyl groups is 1. The summed E-state index contributed by atoms with van der Waals surface area (Å²) >= 11 is 0. The zero-order chi connectivity index (χ0) is 14.1. The Bertz CT molecular complexity index is 405. The van der Waals surface area contributed by atoms with E-state index in [2.05, 4.69) is 22.2 Å². The molecule has 1 rings (SSSR count). The average Bonchev–Trinajstić information content (AvgIpc) is 2.86. The fourth-order valence-electron chi connectivity index (χ4n) is 1.52. The van der Waals surface area contributed by atoms with Gasteiger partial charge in [-0.25, -0.2) is 4.79 Å². The first kappa shape index (κ1) is 15.3. The summed E-state index contributed by atoms with van der Waals surface area (Å²) in [6.07, 6.45) is 3.92. The van der Waals surface area contributed by atoms with Crippen LogP contribution in [-0.4, -0.2) is 45.8 Å². The third-order valence-electron chi connectivity index (χ3n) is 2.39. The summed E-state index contributed by atoms with van der Waals surface area (Å²) in [7, 11) is 0. The lowest BCUT2D eigenvalue weighted by atomic mass is 10.2.